The molecule has 0 aromatic carbocycles. The number of thiophene rings is 1. The average molecular weight is 220 g/mol. The van der Waals surface area contributed by atoms with Crippen LogP contribution in [0, 0.1) is 0 Å². The minimum absolute atomic E-state index is 0.526. The molecule has 2 nitrogen and oxygen atoms in total. The maximum Gasteiger partial charge on any atom is 0.0931 e. The summed E-state index contributed by atoms with van der Waals surface area (Å²) in [6, 6.07) is 3.75. The number of rotatable bonds is 3. The first kappa shape index (κ1) is 11.0. The van der Waals surface area contributed by atoms with Crippen molar-refractivity contribution in [1.82, 2.24) is 0 Å². The smallest absolute Gasteiger partial charge is 0.0931 e. The van der Waals surface area contributed by atoms with Crippen LogP contribution in [0.1, 0.15) is 18.7 Å². The first-order valence-electron chi connectivity index (χ1n) is 4.11. The van der Waals surface area contributed by atoms with Gasteiger partial charge in [-0.05, 0) is 26.0 Å². The van der Waals surface area contributed by atoms with Crippen LogP contribution < -0.4 is 5.73 Å². The molecule has 1 unspecified atom stereocenters. The van der Waals surface area contributed by atoms with Gasteiger partial charge in [-0.2, -0.15) is 0 Å². The summed E-state index contributed by atoms with van der Waals surface area (Å²) < 4.78 is 0.747. The molecule has 1 rings (SSSR count). The van der Waals surface area contributed by atoms with Gasteiger partial charge >= 0.3 is 0 Å². The molecule has 1 aromatic heterocycles. The van der Waals surface area contributed by atoms with Gasteiger partial charge in [-0.25, -0.2) is 0 Å². The molecule has 3 N–H and O–H groups in total. The summed E-state index contributed by atoms with van der Waals surface area (Å²) in [4.78, 5) is 1.07. The van der Waals surface area contributed by atoms with E-state index < -0.39 is 11.6 Å². The lowest BCUT2D eigenvalue weighted by atomic mass is 9.96. The van der Waals surface area contributed by atoms with E-state index in [-0.39, 0.29) is 0 Å². The Morgan fingerprint density at radius 3 is 2.62 bits per heavy atom. The van der Waals surface area contributed by atoms with Crippen molar-refractivity contribution in [3.05, 3.63) is 21.3 Å². The molecule has 0 fully saturated rings. The van der Waals surface area contributed by atoms with Crippen molar-refractivity contribution < 1.29 is 5.11 Å². The van der Waals surface area contributed by atoms with E-state index in [4.69, 9.17) is 17.3 Å². The number of nitrogens with two attached hydrogens (primary N) is 1. The topological polar surface area (TPSA) is 46.2 Å². The molecule has 0 radical (unpaired) electrons. The van der Waals surface area contributed by atoms with Gasteiger partial charge in [-0.3, -0.25) is 0 Å². The van der Waals surface area contributed by atoms with Crippen molar-refractivity contribution in [2.24, 2.45) is 5.73 Å². The van der Waals surface area contributed by atoms with Crippen LogP contribution in [0.3, 0.4) is 0 Å². The predicted molar refractivity (Wildman–Crippen MR) is 57.3 cm³/mol. The fraction of sp³-hybridized carbons (Fsp3) is 0.556. The molecule has 0 spiro atoms. The fourth-order valence-corrected chi connectivity index (χ4v) is 2.04. The highest BCUT2D eigenvalue weighted by Crippen LogP contribution is 2.24. The minimum atomic E-state index is -0.559. The first-order chi connectivity index (χ1) is 5.89. The molecule has 0 aliphatic rings. The lowest BCUT2D eigenvalue weighted by Gasteiger charge is -2.25. The summed E-state index contributed by atoms with van der Waals surface area (Å²) in [5.74, 6) is 0. The lowest BCUT2D eigenvalue weighted by Crippen LogP contribution is -2.46. The monoisotopic (exact) mass is 219 g/mol. The normalized spacial score (nSPS) is 14.5. The molecule has 0 aliphatic heterocycles. The van der Waals surface area contributed by atoms with Gasteiger partial charge in [-0.15, -0.1) is 11.3 Å². The number of aliphatic hydroxyl groups excluding tert-OH is 1. The van der Waals surface area contributed by atoms with E-state index in [1.165, 1.54) is 11.3 Å². The van der Waals surface area contributed by atoms with Crippen LogP contribution in [-0.2, 0) is 6.42 Å². The third kappa shape index (κ3) is 3.27. The summed E-state index contributed by atoms with van der Waals surface area (Å²) in [6.45, 7) is 3.62. The third-order valence-corrected chi connectivity index (χ3v) is 3.14. The Hall–Kier alpha value is -0.0900. The van der Waals surface area contributed by atoms with E-state index in [1.807, 2.05) is 26.0 Å². The van der Waals surface area contributed by atoms with E-state index in [9.17, 15) is 5.11 Å². The standard InChI is InChI=1S/C9H14ClNOS/c1-9(2,11)7(12)5-6-3-4-8(10)13-6/h3-4,7,12H,5,11H2,1-2H3. The molecule has 0 saturated heterocycles. The molecular formula is C9H14ClNOS. The molecule has 0 saturated carbocycles. The molecule has 1 aromatic rings. The van der Waals surface area contributed by atoms with Gasteiger partial charge in [0.15, 0.2) is 0 Å². The van der Waals surface area contributed by atoms with E-state index in [1.54, 1.807) is 0 Å². The van der Waals surface area contributed by atoms with Gasteiger partial charge in [0.25, 0.3) is 0 Å². The van der Waals surface area contributed by atoms with Gasteiger partial charge in [0.05, 0.1) is 10.4 Å². The van der Waals surface area contributed by atoms with Crippen molar-refractivity contribution >= 4 is 22.9 Å². The second-order valence-electron chi connectivity index (χ2n) is 3.75. The van der Waals surface area contributed by atoms with Crippen molar-refractivity contribution in [3.63, 3.8) is 0 Å². The maximum atomic E-state index is 9.69. The van der Waals surface area contributed by atoms with Crippen LogP contribution in [0.5, 0.6) is 0 Å². The van der Waals surface area contributed by atoms with Gasteiger partial charge in [0.1, 0.15) is 0 Å². The molecule has 4 heteroatoms. The van der Waals surface area contributed by atoms with Gasteiger partial charge < -0.3 is 10.8 Å². The van der Waals surface area contributed by atoms with Crippen LogP contribution in [0.25, 0.3) is 0 Å². The highest BCUT2D eigenvalue weighted by molar-refractivity contribution is 7.16. The van der Waals surface area contributed by atoms with E-state index in [0.717, 1.165) is 9.21 Å². The highest BCUT2D eigenvalue weighted by atomic mass is 35.5. The maximum absolute atomic E-state index is 9.69. The molecule has 1 atom stereocenters. The van der Waals surface area contributed by atoms with Crippen LogP contribution in [0.4, 0.5) is 0 Å². The largest absolute Gasteiger partial charge is 0.391 e. The second kappa shape index (κ2) is 3.96. The Balaban J connectivity index is 2.60. The number of hydrogen-bond donors (Lipinski definition) is 2. The summed E-state index contributed by atoms with van der Waals surface area (Å²) in [5, 5.41) is 9.69. The summed E-state index contributed by atoms with van der Waals surface area (Å²) in [6.07, 6.45) is 0.0446. The molecule has 74 valence electrons. The first-order valence-corrected chi connectivity index (χ1v) is 5.30. The summed E-state index contributed by atoms with van der Waals surface area (Å²) in [5.41, 5.74) is 5.20. The van der Waals surface area contributed by atoms with Crippen LogP contribution in [0.2, 0.25) is 4.34 Å². The Morgan fingerprint density at radius 1 is 1.62 bits per heavy atom. The van der Waals surface area contributed by atoms with Crippen LogP contribution >= 0.6 is 22.9 Å². The zero-order valence-electron chi connectivity index (χ0n) is 7.75. The van der Waals surface area contributed by atoms with Crippen LogP contribution in [-0.4, -0.2) is 16.7 Å². The van der Waals surface area contributed by atoms with Crippen molar-refractivity contribution in [1.29, 1.82) is 0 Å². The van der Waals surface area contributed by atoms with E-state index in [0.29, 0.717) is 6.42 Å². The Labute approximate surface area is 87.3 Å². The Kier molecular flexibility index (Phi) is 3.35. The van der Waals surface area contributed by atoms with E-state index >= 15 is 0 Å². The molecule has 13 heavy (non-hydrogen) atoms. The van der Waals surface area contributed by atoms with Gasteiger partial charge in [0, 0.05) is 16.8 Å². The predicted octanol–water partition coefficient (Wildman–Crippen LogP) is 2.04. The zero-order chi connectivity index (χ0) is 10.1. The Morgan fingerprint density at radius 2 is 2.23 bits per heavy atom. The molecule has 1 heterocycles. The zero-order valence-corrected chi connectivity index (χ0v) is 9.32. The third-order valence-electron chi connectivity index (χ3n) is 1.88. The summed E-state index contributed by atoms with van der Waals surface area (Å²) in [7, 11) is 0. The highest BCUT2D eigenvalue weighted by Gasteiger charge is 2.23. The number of hydrogen-bond acceptors (Lipinski definition) is 3. The number of aliphatic hydroxyl groups is 1. The SMILES string of the molecule is CC(C)(N)C(O)Cc1ccc(Cl)s1. The van der Waals surface area contributed by atoms with Gasteiger partial charge in [-0.1, -0.05) is 11.6 Å². The average Bonchev–Trinajstić information content (AvgIpc) is 2.33. The molecule has 0 bridgehead atoms. The molecule has 0 aliphatic carbocycles. The summed E-state index contributed by atoms with van der Waals surface area (Å²) >= 11 is 7.25. The molecule has 0 amide bonds. The minimum Gasteiger partial charge on any atom is -0.391 e. The lowest BCUT2D eigenvalue weighted by molar-refractivity contribution is 0.105. The molecular weight excluding hydrogens is 206 g/mol. The van der Waals surface area contributed by atoms with Gasteiger partial charge in [0.2, 0.25) is 0 Å². The van der Waals surface area contributed by atoms with Crippen molar-refractivity contribution in [2.75, 3.05) is 0 Å². The van der Waals surface area contributed by atoms with Crippen LogP contribution in [0.15, 0.2) is 12.1 Å². The second-order valence-corrected chi connectivity index (χ2v) is 5.55. The Bertz CT molecular complexity index is 279. The van der Waals surface area contributed by atoms with Crippen molar-refractivity contribution in [3.8, 4) is 0 Å². The van der Waals surface area contributed by atoms with E-state index in [2.05, 4.69) is 0 Å². The fourth-order valence-electron chi connectivity index (χ4n) is 0.915. The number of halogens is 1. The van der Waals surface area contributed by atoms with Crippen molar-refractivity contribution in [2.45, 2.75) is 31.9 Å². The quantitative estimate of drug-likeness (QED) is 0.818.